The van der Waals surface area contributed by atoms with Gasteiger partial charge >= 0.3 is 5.97 Å². The third-order valence-corrected chi connectivity index (χ3v) is 6.47. The van der Waals surface area contributed by atoms with Crippen molar-refractivity contribution in [3.05, 3.63) is 64.1 Å². The second-order valence-corrected chi connectivity index (χ2v) is 8.93. The average Bonchev–Trinajstić information content (AvgIpc) is 2.83. The fourth-order valence-electron chi connectivity index (χ4n) is 4.10. The van der Waals surface area contributed by atoms with Crippen molar-refractivity contribution in [2.45, 2.75) is 37.8 Å². The molecule has 1 amide bonds. The number of amides is 1. The van der Waals surface area contributed by atoms with E-state index in [4.69, 9.17) is 32.9 Å². The standard InChI is InChI=1S/C25H25Cl2N3O3/c1-33-25(32)22(30-24(31)21-7-2-3-12-28-21)14-15-8-10-19-16(13-15)9-11-20(29-19)23-17(26)5-4-6-18(23)27/h4-6,8-11,13,21-22,28H,2-3,7,12,14H2,1H3,(H,30,31)/t21-,22-/m0/s1. The van der Waals surface area contributed by atoms with E-state index in [1.165, 1.54) is 7.11 Å². The Morgan fingerprint density at radius 1 is 1.15 bits per heavy atom. The summed E-state index contributed by atoms with van der Waals surface area (Å²) in [5.74, 6) is -0.644. The molecule has 0 spiro atoms. The summed E-state index contributed by atoms with van der Waals surface area (Å²) < 4.78 is 4.94. The molecule has 0 radical (unpaired) electrons. The number of fused-ring (bicyclic) bond motifs is 1. The van der Waals surface area contributed by atoms with Gasteiger partial charge in [-0.05, 0) is 55.3 Å². The smallest absolute Gasteiger partial charge is 0.328 e. The van der Waals surface area contributed by atoms with Gasteiger partial charge in [0.25, 0.3) is 0 Å². The molecule has 2 atom stereocenters. The van der Waals surface area contributed by atoms with Gasteiger partial charge in [0.15, 0.2) is 0 Å². The van der Waals surface area contributed by atoms with E-state index in [1.54, 1.807) is 18.2 Å². The molecular weight excluding hydrogens is 461 g/mol. The van der Waals surface area contributed by atoms with Gasteiger partial charge in [-0.15, -0.1) is 0 Å². The van der Waals surface area contributed by atoms with Gasteiger partial charge in [0.1, 0.15) is 6.04 Å². The molecule has 2 aromatic carbocycles. The van der Waals surface area contributed by atoms with E-state index < -0.39 is 12.0 Å². The normalized spacial score (nSPS) is 16.9. The number of carbonyl (C=O) groups is 2. The number of ether oxygens (including phenoxy) is 1. The maximum Gasteiger partial charge on any atom is 0.328 e. The lowest BCUT2D eigenvalue weighted by Crippen LogP contribution is -2.52. The van der Waals surface area contributed by atoms with Crippen molar-refractivity contribution in [2.75, 3.05) is 13.7 Å². The van der Waals surface area contributed by atoms with Gasteiger partial charge < -0.3 is 15.4 Å². The highest BCUT2D eigenvalue weighted by Gasteiger charge is 2.27. The predicted molar refractivity (Wildman–Crippen MR) is 130 cm³/mol. The molecule has 1 fully saturated rings. The minimum absolute atomic E-state index is 0.172. The molecule has 8 heteroatoms. The monoisotopic (exact) mass is 485 g/mol. The fraction of sp³-hybridized carbons (Fsp3) is 0.320. The van der Waals surface area contributed by atoms with E-state index in [0.717, 1.165) is 42.3 Å². The summed E-state index contributed by atoms with van der Waals surface area (Å²) in [6.07, 6.45) is 3.13. The van der Waals surface area contributed by atoms with Crippen molar-refractivity contribution in [1.82, 2.24) is 15.6 Å². The first-order chi connectivity index (χ1) is 16.0. The Balaban J connectivity index is 1.55. The molecule has 33 heavy (non-hydrogen) atoms. The van der Waals surface area contributed by atoms with Crippen LogP contribution in [0.15, 0.2) is 48.5 Å². The van der Waals surface area contributed by atoms with Crippen LogP contribution in [0.1, 0.15) is 24.8 Å². The highest BCUT2D eigenvalue weighted by Crippen LogP contribution is 2.34. The average molecular weight is 486 g/mol. The lowest BCUT2D eigenvalue weighted by atomic mass is 10.0. The zero-order chi connectivity index (χ0) is 23.4. The molecule has 1 aromatic heterocycles. The summed E-state index contributed by atoms with van der Waals surface area (Å²) >= 11 is 12.7. The van der Waals surface area contributed by atoms with Crippen molar-refractivity contribution in [2.24, 2.45) is 0 Å². The van der Waals surface area contributed by atoms with Gasteiger partial charge in [0, 0.05) is 17.4 Å². The van der Waals surface area contributed by atoms with E-state index >= 15 is 0 Å². The number of halogens is 2. The molecule has 1 aliphatic rings. The SMILES string of the molecule is COC(=O)[C@H](Cc1ccc2nc(-c3c(Cl)cccc3Cl)ccc2c1)NC(=O)[C@@H]1CCCCN1. The molecular formula is C25H25Cl2N3O3. The molecule has 1 aliphatic heterocycles. The minimum atomic E-state index is -0.766. The Kier molecular flexibility index (Phi) is 7.48. The van der Waals surface area contributed by atoms with E-state index in [1.807, 2.05) is 30.3 Å². The highest BCUT2D eigenvalue weighted by atomic mass is 35.5. The summed E-state index contributed by atoms with van der Waals surface area (Å²) in [6.45, 7) is 0.806. The predicted octanol–water partition coefficient (Wildman–Crippen LogP) is 4.55. The topological polar surface area (TPSA) is 80.3 Å². The third-order valence-electron chi connectivity index (χ3n) is 5.84. The number of rotatable bonds is 6. The number of pyridine rings is 1. The molecule has 1 saturated heterocycles. The maximum atomic E-state index is 12.6. The van der Waals surface area contributed by atoms with Crippen LogP contribution in [0.3, 0.4) is 0 Å². The molecule has 2 N–H and O–H groups in total. The fourth-order valence-corrected chi connectivity index (χ4v) is 4.69. The number of methoxy groups -OCH3 is 1. The number of piperidine rings is 1. The van der Waals surface area contributed by atoms with Gasteiger partial charge in [-0.3, -0.25) is 4.79 Å². The molecule has 0 aliphatic carbocycles. The van der Waals surface area contributed by atoms with Gasteiger partial charge in [-0.1, -0.05) is 47.8 Å². The van der Waals surface area contributed by atoms with Crippen molar-refractivity contribution in [3.63, 3.8) is 0 Å². The zero-order valence-electron chi connectivity index (χ0n) is 18.2. The second-order valence-electron chi connectivity index (χ2n) is 8.11. The summed E-state index contributed by atoms with van der Waals surface area (Å²) in [7, 11) is 1.33. The number of hydrogen-bond donors (Lipinski definition) is 2. The summed E-state index contributed by atoms with van der Waals surface area (Å²) in [4.78, 5) is 29.7. The maximum absolute atomic E-state index is 12.6. The van der Waals surface area contributed by atoms with E-state index in [2.05, 4.69) is 10.6 Å². The van der Waals surface area contributed by atoms with Crippen molar-refractivity contribution in [1.29, 1.82) is 0 Å². The first-order valence-corrected chi connectivity index (χ1v) is 11.7. The largest absolute Gasteiger partial charge is 0.467 e. The Morgan fingerprint density at radius 3 is 2.64 bits per heavy atom. The molecule has 0 bridgehead atoms. The Hall–Kier alpha value is -2.67. The van der Waals surface area contributed by atoms with E-state index in [0.29, 0.717) is 27.7 Å². The first-order valence-electron chi connectivity index (χ1n) is 10.9. The number of esters is 1. The molecule has 0 saturated carbocycles. The van der Waals surface area contributed by atoms with E-state index in [9.17, 15) is 9.59 Å². The Bertz CT molecular complexity index is 1160. The van der Waals surface area contributed by atoms with Crippen LogP contribution in [-0.2, 0) is 20.7 Å². The molecule has 6 nitrogen and oxygen atoms in total. The van der Waals surface area contributed by atoms with Crippen molar-refractivity contribution < 1.29 is 14.3 Å². The number of hydrogen-bond acceptors (Lipinski definition) is 5. The Labute approximate surface area is 202 Å². The van der Waals surface area contributed by atoms with Crippen LogP contribution in [0.4, 0.5) is 0 Å². The highest BCUT2D eigenvalue weighted by molar-refractivity contribution is 6.39. The zero-order valence-corrected chi connectivity index (χ0v) is 19.7. The molecule has 172 valence electrons. The minimum Gasteiger partial charge on any atom is -0.467 e. The van der Waals surface area contributed by atoms with Crippen LogP contribution in [-0.4, -0.2) is 42.6 Å². The van der Waals surface area contributed by atoms with Crippen LogP contribution in [0.5, 0.6) is 0 Å². The summed E-state index contributed by atoms with van der Waals surface area (Å²) in [5.41, 5.74) is 3.04. The number of carbonyl (C=O) groups excluding carboxylic acids is 2. The number of nitrogens with one attached hydrogen (secondary N) is 2. The Morgan fingerprint density at radius 2 is 1.94 bits per heavy atom. The molecule has 4 rings (SSSR count). The molecule has 0 unspecified atom stereocenters. The van der Waals surface area contributed by atoms with Crippen LogP contribution < -0.4 is 10.6 Å². The first kappa shape index (κ1) is 23.5. The van der Waals surface area contributed by atoms with Crippen LogP contribution in [0.2, 0.25) is 10.0 Å². The summed E-state index contributed by atoms with van der Waals surface area (Å²) in [5, 5.41) is 8.04. The van der Waals surface area contributed by atoms with Gasteiger partial charge in [-0.25, -0.2) is 9.78 Å². The van der Waals surface area contributed by atoms with Crippen molar-refractivity contribution >= 4 is 46.0 Å². The number of aromatic nitrogens is 1. The molecule has 3 aromatic rings. The van der Waals surface area contributed by atoms with Gasteiger partial charge in [-0.2, -0.15) is 0 Å². The van der Waals surface area contributed by atoms with Gasteiger partial charge in [0.2, 0.25) is 5.91 Å². The van der Waals surface area contributed by atoms with Crippen molar-refractivity contribution in [3.8, 4) is 11.3 Å². The quantitative estimate of drug-likeness (QED) is 0.500. The third kappa shape index (κ3) is 5.46. The lowest BCUT2D eigenvalue weighted by Gasteiger charge is -2.25. The lowest BCUT2D eigenvalue weighted by molar-refractivity contribution is -0.145. The number of benzene rings is 2. The number of nitrogens with zero attached hydrogens (tertiary/aromatic N) is 1. The molecule has 2 heterocycles. The van der Waals surface area contributed by atoms with Crippen LogP contribution in [0, 0.1) is 0 Å². The summed E-state index contributed by atoms with van der Waals surface area (Å²) in [6, 6.07) is 13.9. The van der Waals surface area contributed by atoms with E-state index in [-0.39, 0.29) is 11.9 Å². The van der Waals surface area contributed by atoms with Gasteiger partial charge in [0.05, 0.1) is 34.4 Å². The van der Waals surface area contributed by atoms with Crippen LogP contribution >= 0.6 is 23.2 Å². The van der Waals surface area contributed by atoms with Crippen LogP contribution in [0.25, 0.3) is 22.2 Å². The second kappa shape index (κ2) is 10.5.